The van der Waals surface area contributed by atoms with Crippen molar-refractivity contribution < 1.29 is 9.84 Å². The van der Waals surface area contributed by atoms with E-state index in [1.165, 1.54) is 18.6 Å². The highest BCUT2D eigenvalue weighted by Crippen LogP contribution is 2.15. The van der Waals surface area contributed by atoms with Gasteiger partial charge in [0, 0.05) is 11.6 Å². The summed E-state index contributed by atoms with van der Waals surface area (Å²) in [6.45, 7) is 2.29. The van der Waals surface area contributed by atoms with Crippen molar-refractivity contribution >= 4 is 23.4 Å². The Morgan fingerprint density at radius 2 is 2.10 bits per heavy atom. The molecule has 1 unspecified atom stereocenters. The van der Waals surface area contributed by atoms with Crippen LogP contribution in [-0.4, -0.2) is 42.9 Å². The molecule has 5 heteroatoms. The second kappa shape index (κ2) is 12.3. The molecule has 0 saturated heterocycles. The zero-order chi connectivity index (χ0) is 15.3. The molecular weight excluding hydrogens is 306 g/mol. The molecule has 0 aliphatic heterocycles. The van der Waals surface area contributed by atoms with Crippen LogP contribution in [0.25, 0.3) is 0 Å². The van der Waals surface area contributed by atoms with Gasteiger partial charge in [-0.1, -0.05) is 36.2 Å². The number of hydrogen-bond acceptors (Lipinski definition) is 4. The minimum Gasteiger partial charge on any atom is -0.389 e. The van der Waals surface area contributed by atoms with E-state index in [2.05, 4.69) is 11.6 Å². The number of benzene rings is 1. The quantitative estimate of drug-likeness (QED) is 0.576. The Morgan fingerprint density at radius 3 is 2.86 bits per heavy atom. The smallest absolute Gasteiger partial charge is 0.0897 e. The largest absolute Gasteiger partial charge is 0.389 e. The normalized spacial score (nSPS) is 12.5. The first-order chi connectivity index (χ1) is 10.2. The Kier molecular flexibility index (Phi) is 11.0. The van der Waals surface area contributed by atoms with Crippen LogP contribution < -0.4 is 5.32 Å². The Hall–Kier alpha value is -0.260. The van der Waals surface area contributed by atoms with E-state index in [1.54, 1.807) is 0 Å². The van der Waals surface area contributed by atoms with Crippen LogP contribution in [0, 0.1) is 0 Å². The summed E-state index contributed by atoms with van der Waals surface area (Å²) in [7, 11) is 0. The zero-order valence-electron chi connectivity index (χ0n) is 12.7. The number of thioether (sulfide) groups is 1. The second-order valence-electron chi connectivity index (χ2n) is 5.02. The van der Waals surface area contributed by atoms with Crippen LogP contribution in [0.15, 0.2) is 24.3 Å². The van der Waals surface area contributed by atoms with Crippen molar-refractivity contribution in [3.63, 3.8) is 0 Å². The number of halogens is 1. The topological polar surface area (TPSA) is 41.5 Å². The second-order valence-corrected chi connectivity index (χ2v) is 6.41. The van der Waals surface area contributed by atoms with E-state index in [-0.39, 0.29) is 0 Å². The average molecular weight is 332 g/mol. The summed E-state index contributed by atoms with van der Waals surface area (Å²) in [5.41, 5.74) is 0.952. The molecule has 0 fully saturated rings. The molecule has 1 aromatic carbocycles. The van der Waals surface area contributed by atoms with Gasteiger partial charge >= 0.3 is 0 Å². The van der Waals surface area contributed by atoms with E-state index in [0.29, 0.717) is 24.8 Å². The van der Waals surface area contributed by atoms with Crippen LogP contribution in [0.3, 0.4) is 0 Å². The van der Waals surface area contributed by atoms with E-state index in [0.717, 1.165) is 18.5 Å². The lowest BCUT2D eigenvalue weighted by molar-refractivity contribution is 0.0289. The Labute approximate surface area is 137 Å². The molecule has 0 radical (unpaired) electrons. The third-order valence-electron chi connectivity index (χ3n) is 3.11. The van der Waals surface area contributed by atoms with Crippen LogP contribution in [0.4, 0.5) is 0 Å². The molecule has 0 aliphatic rings. The molecule has 3 nitrogen and oxygen atoms in total. The maximum absolute atomic E-state index is 9.81. The van der Waals surface area contributed by atoms with Gasteiger partial charge in [-0.25, -0.2) is 0 Å². The molecule has 0 heterocycles. The van der Waals surface area contributed by atoms with E-state index in [4.69, 9.17) is 16.3 Å². The first-order valence-electron chi connectivity index (χ1n) is 7.43. The van der Waals surface area contributed by atoms with Gasteiger partial charge in [-0.3, -0.25) is 0 Å². The highest BCUT2D eigenvalue weighted by Gasteiger charge is 2.05. The standard InChI is InChI=1S/C16H26ClNO2S/c1-21-10-6-2-5-9-18-11-15(19)13-20-12-14-7-3-4-8-16(14)17/h3-4,7-8,15,18-19H,2,5-6,9-13H2,1H3. The first-order valence-corrected chi connectivity index (χ1v) is 9.20. The monoisotopic (exact) mass is 331 g/mol. The van der Waals surface area contributed by atoms with Gasteiger partial charge in [-0.05, 0) is 43.0 Å². The number of rotatable bonds is 12. The molecule has 0 aromatic heterocycles. The number of aliphatic hydroxyl groups is 1. The van der Waals surface area contributed by atoms with E-state index >= 15 is 0 Å². The molecule has 1 aromatic rings. The Balaban J connectivity index is 1.99. The predicted octanol–water partition coefficient (Wildman–Crippen LogP) is 3.34. The number of hydrogen-bond donors (Lipinski definition) is 2. The Bertz CT molecular complexity index is 379. The van der Waals surface area contributed by atoms with Gasteiger partial charge in [0.15, 0.2) is 0 Å². The van der Waals surface area contributed by atoms with Crippen LogP contribution in [0.1, 0.15) is 24.8 Å². The molecule has 21 heavy (non-hydrogen) atoms. The van der Waals surface area contributed by atoms with Crippen molar-refractivity contribution in [2.45, 2.75) is 32.0 Å². The van der Waals surface area contributed by atoms with Crippen molar-refractivity contribution in [3.8, 4) is 0 Å². The lowest BCUT2D eigenvalue weighted by Gasteiger charge is -2.13. The van der Waals surface area contributed by atoms with Crippen molar-refractivity contribution in [2.24, 2.45) is 0 Å². The van der Waals surface area contributed by atoms with Crippen LogP contribution in [0.5, 0.6) is 0 Å². The summed E-state index contributed by atoms with van der Waals surface area (Å²) in [4.78, 5) is 0. The summed E-state index contributed by atoms with van der Waals surface area (Å²) in [5.74, 6) is 1.23. The molecule has 1 rings (SSSR count). The Morgan fingerprint density at radius 1 is 1.29 bits per heavy atom. The minimum absolute atomic E-state index is 0.324. The fraction of sp³-hybridized carbons (Fsp3) is 0.625. The molecule has 120 valence electrons. The van der Waals surface area contributed by atoms with Gasteiger partial charge in [0.1, 0.15) is 0 Å². The van der Waals surface area contributed by atoms with Gasteiger partial charge < -0.3 is 15.2 Å². The molecule has 0 bridgehead atoms. The predicted molar refractivity (Wildman–Crippen MR) is 92.2 cm³/mol. The third-order valence-corrected chi connectivity index (χ3v) is 4.17. The fourth-order valence-electron chi connectivity index (χ4n) is 1.92. The maximum atomic E-state index is 9.81. The lowest BCUT2D eigenvalue weighted by Crippen LogP contribution is -2.31. The summed E-state index contributed by atoms with van der Waals surface area (Å²) in [5, 5.41) is 13.8. The van der Waals surface area contributed by atoms with Crippen molar-refractivity contribution in [1.82, 2.24) is 5.32 Å². The summed E-state index contributed by atoms with van der Waals surface area (Å²) < 4.78 is 5.50. The fourth-order valence-corrected chi connectivity index (χ4v) is 2.60. The van der Waals surface area contributed by atoms with Gasteiger partial charge in [0.2, 0.25) is 0 Å². The summed E-state index contributed by atoms with van der Waals surface area (Å²) in [6, 6.07) is 7.60. The van der Waals surface area contributed by atoms with E-state index < -0.39 is 6.10 Å². The molecule has 0 amide bonds. The van der Waals surface area contributed by atoms with Gasteiger partial charge in [0.25, 0.3) is 0 Å². The average Bonchev–Trinajstić information content (AvgIpc) is 2.48. The number of unbranched alkanes of at least 4 members (excludes halogenated alkanes) is 2. The van der Waals surface area contributed by atoms with Crippen LogP contribution in [0.2, 0.25) is 5.02 Å². The van der Waals surface area contributed by atoms with Gasteiger partial charge in [-0.2, -0.15) is 11.8 Å². The van der Waals surface area contributed by atoms with E-state index in [1.807, 2.05) is 36.0 Å². The number of ether oxygens (including phenoxy) is 1. The summed E-state index contributed by atoms with van der Waals surface area (Å²) in [6.07, 6.45) is 5.34. The molecular formula is C16H26ClNO2S. The summed E-state index contributed by atoms with van der Waals surface area (Å²) >= 11 is 7.93. The maximum Gasteiger partial charge on any atom is 0.0897 e. The zero-order valence-corrected chi connectivity index (χ0v) is 14.3. The third kappa shape index (κ3) is 9.38. The SMILES string of the molecule is CSCCCCCNCC(O)COCc1ccccc1Cl. The molecule has 0 saturated carbocycles. The van der Waals surface area contributed by atoms with Gasteiger partial charge in [0.05, 0.1) is 19.3 Å². The van der Waals surface area contributed by atoms with Crippen molar-refractivity contribution in [3.05, 3.63) is 34.9 Å². The number of nitrogens with one attached hydrogen (secondary N) is 1. The van der Waals surface area contributed by atoms with Crippen molar-refractivity contribution in [1.29, 1.82) is 0 Å². The molecule has 1 atom stereocenters. The highest BCUT2D eigenvalue weighted by molar-refractivity contribution is 7.98. The van der Waals surface area contributed by atoms with Gasteiger partial charge in [-0.15, -0.1) is 0 Å². The molecule has 2 N–H and O–H groups in total. The number of aliphatic hydroxyl groups excluding tert-OH is 1. The van der Waals surface area contributed by atoms with E-state index in [9.17, 15) is 5.11 Å². The highest BCUT2D eigenvalue weighted by atomic mass is 35.5. The lowest BCUT2D eigenvalue weighted by atomic mass is 10.2. The van der Waals surface area contributed by atoms with Crippen LogP contribution >= 0.6 is 23.4 Å². The molecule has 0 spiro atoms. The molecule has 0 aliphatic carbocycles. The van der Waals surface area contributed by atoms with Crippen LogP contribution in [-0.2, 0) is 11.3 Å². The van der Waals surface area contributed by atoms with Crippen molar-refractivity contribution in [2.75, 3.05) is 31.7 Å². The first kappa shape index (κ1) is 18.8. The minimum atomic E-state index is -0.473.